The number of carbonyl (C=O) groups excluding carboxylic acids is 1. The summed E-state index contributed by atoms with van der Waals surface area (Å²) in [5, 5.41) is 2.89. The number of anilines is 1. The molecule has 0 aliphatic carbocycles. The smallest absolute Gasteiger partial charge is 0.259 e. The molecule has 0 aromatic heterocycles. The van der Waals surface area contributed by atoms with Crippen LogP contribution < -0.4 is 14.8 Å². The molecule has 28 heavy (non-hydrogen) atoms. The maximum absolute atomic E-state index is 12.7. The fourth-order valence-corrected chi connectivity index (χ4v) is 2.59. The lowest BCUT2D eigenvalue weighted by molar-refractivity contribution is 0.102. The summed E-state index contributed by atoms with van der Waals surface area (Å²) in [6, 6.07) is 24.3. The Balaban J connectivity index is 1.62. The first-order valence-electron chi connectivity index (χ1n) is 9.05. The second kappa shape index (κ2) is 10.1. The zero-order valence-corrected chi connectivity index (χ0v) is 15.8. The highest BCUT2D eigenvalue weighted by atomic mass is 16.5. The normalized spacial score (nSPS) is 10.3. The van der Waals surface area contributed by atoms with Crippen LogP contribution >= 0.6 is 0 Å². The Morgan fingerprint density at radius 2 is 1.54 bits per heavy atom. The van der Waals surface area contributed by atoms with Crippen LogP contribution in [0.3, 0.4) is 0 Å². The maximum Gasteiger partial charge on any atom is 0.259 e. The van der Waals surface area contributed by atoms with Gasteiger partial charge in [-0.1, -0.05) is 42.5 Å². The van der Waals surface area contributed by atoms with Gasteiger partial charge in [0.2, 0.25) is 0 Å². The Bertz CT molecular complexity index is 879. The lowest BCUT2D eigenvalue weighted by atomic mass is 10.1. The van der Waals surface area contributed by atoms with Crippen molar-refractivity contribution >= 4 is 11.6 Å². The summed E-state index contributed by atoms with van der Waals surface area (Å²) in [5.41, 5.74) is 2.21. The topological polar surface area (TPSA) is 56.8 Å². The number of hydrogen-bond acceptors (Lipinski definition) is 4. The highest BCUT2D eigenvalue weighted by Crippen LogP contribution is 2.22. The predicted octanol–water partition coefficient (Wildman–Crippen LogP) is 4.54. The van der Waals surface area contributed by atoms with E-state index < -0.39 is 0 Å². The van der Waals surface area contributed by atoms with Crippen LogP contribution in [-0.2, 0) is 11.3 Å². The number of methoxy groups -OCH3 is 1. The number of nitrogens with one attached hydrogen (secondary N) is 1. The molecule has 3 aromatic carbocycles. The first-order valence-corrected chi connectivity index (χ1v) is 9.05. The molecule has 0 heterocycles. The number of rotatable bonds is 9. The van der Waals surface area contributed by atoms with E-state index in [1.807, 2.05) is 54.6 Å². The average Bonchev–Trinajstić information content (AvgIpc) is 2.74. The fourth-order valence-electron chi connectivity index (χ4n) is 2.59. The first kappa shape index (κ1) is 19.5. The van der Waals surface area contributed by atoms with Gasteiger partial charge in [0.15, 0.2) is 0 Å². The van der Waals surface area contributed by atoms with Crippen molar-refractivity contribution < 1.29 is 19.0 Å². The van der Waals surface area contributed by atoms with Crippen LogP contribution in [0, 0.1) is 0 Å². The number of amides is 1. The molecule has 0 spiro atoms. The van der Waals surface area contributed by atoms with Gasteiger partial charge in [0.1, 0.15) is 24.7 Å². The van der Waals surface area contributed by atoms with Crippen molar-refractivity contribution in [1.82, 2.24) is 0 Å². The van der Waals surface area contributed by atoms with E-state index >= 15 is 0 Å². The van der Waals surface area contributed by atoms with Crippen LogP contribution in [0.1, 0.15) is 15.9 Å². The summed E-state index contributed by atoms with van der Waals surface area (Å²) in [7, 11) is 1.63. The van der Waals surface area contributed by atoms with E-state index in [2.05, 4.69) is 5.32 Å². The quantitative estimate of drug-likeness (QED) is 0.556. The van der Waals surface area contributed by atoms with Gasteiger partial charge < -0.3 is 19.5 Å². The minimum Gasteiger partial charge on any atom is -0.491 e. The van der Waals surface area contributed by atoms with Crippen LogP contribution in [0.5, 0.6) is 11.5 Å². The molecule has 144 valence electrons. The van der Waals surface area contributed by atoms with E-state index in [1.54, 1.807) is 31.4 Å². The second-order valence-corrected chi connectivity index (χ2v) is 6.09. The molecule has 0 unspecified atom stereocenters. The van der Waals surface area contributed by atoms with Crippen molar-refractivity contribution in [3.8, 4) is 11.5 Å². The van der Waals surface area contributed by atoms with Gasteiger partial charge in [-0.3, -0.25) is 4.79 Å². The molecule has 0 aliphatic rings. The van der Waals surface area contributed by atoms with E-state index in [0.717, 1.165) is 11.3 Å². The SMILES string of the molecule is COCCOc1ccc(NC(=O)c2ccccc2OCc2ccccc2)cc1. The van der Waals surface area contributed by atoms with Gasteiger partial charge in [-0.05, 0) is 42.0 Å². The van der Waals surface area contributed by atoms with Crippen LogP contribution in [-0.4, -0.2) is 26.2 Å². The lowest BCUT2D eigenvalue weighted by Gasteiger charge is -2.12. The Morgan fingerprint density at radius 1 is 0.821 bits per heavy atom. The van der Waals surface area contributed by atoms with E-state index in [0.29, 0.717) is 36.8 Å². The molecule has 5 nitrogen and oxygen atoms in total. The number of para-hydroxylation sites is 1. The molecule has 3 rings (SSSR count). The average molecular weight is 377 g/mol. The van der Waals surface area contributed by atoms with Gasteiger partial charge in [0, 0.05) is 12.8 Å². The molecule has 1 amide bonds. The van der Waals surface area contributed by atoms with Crippen LogP contribution in [0.2, 0.25) is 0 Å². The largest absolute Gasteiger partial charge is 0.491 e. The number of ether oxygens (including phenoxy) is 3. The summed E-state index contributed by atoms with van der Waals surface area (Å²) in [6.45, 7) is 1.41. The van der Waals surface area contributed by atoms with Crippen LogP contribution in [0.4, 0.5) is 5.69 Å². The van der Waals surface area contributed by atoms with Crippen molar-refractivity contribution in [2.24, 2.45) is 0 Å². The molecule has 0 bridgehead atoms. The van der Waals surface area contributed by atoms with Gasteiger partial charge >= 0.3 is 0 Å². The number of carbonyl (C=O) groups is 1. The third-order valence-corrected chi connectivity index (χ3v) is 4.04. The molecule has 0 aliphatic heterocycles. The Kier molecular flexibility index (Phi) is 7.04. The van der Waals surface area contributed by atoms with Crippen molar-refractivity contribution in [2.75, 3.05) is 25.6 Å². The molecule has 3 aromatic rings. The van der Waals surface area contributed by atoms with Crippen LogP contribution in [0.25, 0.3) is 0 Å². The minimum absolute atomic E-state index is 0.225. The summed E-state index contributed by atoms with van der Waals surface area (Å²) < 4.78 is 16.3. The van der Waals surface area contributed by atoms with Gasteiger partial charge in [-0.2, -0.15) is 0 Å². The Morgan fingerprint density at radius 3 is 2.29 bits per heavy atom. The molecule has 0 radical (unpaired) electrons. The number of benzene rings is 3. The molecule has 5 heteroatoms. The van der Waals surface area contributed by atoms with Gasteiger partial charge in [0.05, 0.1) is 12.2 Å². The van der Waals surface area contributed by atoms with Crippen molar-refractivity contribution in [3.63, 3.8) is 0 Å². The Labute approximate surface area is 164 Å². The van der Waals surface area contributed by atoms with E-state index in [-0.39, 0.29) is 5.91 Å². The number of hydrogen-bond donors (Lipinski definition) is 1. The third kappa shape index (κ3) is 5.59. The molecule has 0 fully saturated rings. The molecule has 0 atom stereocenters. The maximum atomic E-state index is 12.7. The fraction of sp³-hybridized carbons (Fsp3) is 0.174. The second-order valence-electron chi connectivity index (χ2n) is 6.09. The predicted molar refractivity (Wildman–Crippen MR) is 109 cm³/mol. The van der Waals surface area contributed by atoms with Crippen molar-refractivity contribution in [3.05, 3.63) is 90.0 Å². The summed E-state index contributed by atoms with van der Waals surface area (Å²) in [6.07, 6.45) is 0. The van der Waals surface area contributed by atoms with E-state index in [1.165, 1.54) is 0 Å². The van der Waals surface area contributed by atoms with Crippen molar-refractivity contribution in [2.45, 2.75) is 6.61 Å². The highest BCUT2D eigenvalue weighted by Gasteiger charge is 2.12. The minimum atomic E-state index is -0.225. The van der Waals surface area contributed by atoms with Gasteiger partial charge in [-0.15, -0.1) is 0 Å². The van der Waals surface area contributed by atoms with Crippen LogP contribution in [0.15, 0.2) is 78.9 Å². The zero-order valence-electron chi connectivity index (χ0n) is 15.8. The zero-order chi connectivity index (χ0) is 19.6. The molecule has 1 N–H and O–H groups in total. The van der Waals surface area contributed by atoms with Gasteiger partial charge in [-0.25, -0.2) is 0 Å². The van der Waals surface area contributed by atoms with E-state index in [9.17, 15) is 4.79 Å². The van der Waals surface area contributed by atoms with Gasteiger partial charge in [0.25, 0.3) is 5.91 Å². The van der Waals surface area contributed by atoms with E-state index in [4.69, 9.17) is 14.2 Å². The molecular formula is C23H23NO4. The Hall–Kier alpha value is -3.31. The molecule has 0 saturated heterocycles. The standard InChI is InChI=1S/C23H23NO4/c1-26-15-16-27-20-13-11-19(12-14-20)24-23(25)21-9-5-6-10-22(21)28-17-18-7-3-2-4-8-18/h2-14H,15-17H2,1H3,(H,24,25). The summed E-state index contributed by atoms with van der Waals surface area (Å²) in [5.74, 6) is 1.04. The molecular weight excluding hydrogens is 354 g/mol. The third-order valence-electron chi connectivity index (χ3n) is 4.04. The summed E-state index contributed by atoms with van der Waals surface area (Å²) >= 11 is 0. The highest BCUT2D eigenvalue weighted by molar-refractivity contribution is 6.06. The molecule has 0 saturated carbocycles. The summed E-state index contributed by atoms with van der Waals surface area (Å²) in [4.78, 5) is 12.7. The van der Waals surface area contributed by atoms with Crippen molar-refractivity contribution in [1.29, 1.82) is 0 Å². The monoisotopic (exact) mass is 377 g/mol. The lowest BCUT2D eigenvalue weighted by Crippen LogP contribution is -2.13. The first-order chi connectivity index (χ1) is 13.8.